The van der Waals surface area contributed by atoms with Crippen molar-refractivity contribution in [2.24, 2.45) is 0 Å². The summed E-state index contributed by atoms with van der Waals surface area (Å²) in [5.41, 5.74) is 1.26. The second kappa shape index (κ2) is 7.94. The molecule has 0 spiro atoms. The van der Waals surface area contributed by atoms with E-state index in [4.69, 9.17) is 0 Å². The van der Waals surface area contributed by atoms with Gasteiger partial charge in [-0.05, 0) is 47.0 Å². The number of fused-ring (bicyclic) bond motifs is 1. The second-order valence-electron chi connectivity index (χ2n) is 6.08. The maximum absolute atomic E-state index is 13.7. The largest absolute Gasteiger partial charge is 0.330 e. The first-order chi connectivity index (χ1) is 12.7. The Morgan fingerprint density at radius 1 is 1.15 bits per heavy atom. The molecule has 0 fully saturated rings. The number of benzene rings is 1. The fraction of sp³-hybridized carbons (Fsp3) is 0.250. The lowest BCUT2D eigenvalue weighted by molar-refractivity contribution is -0.132. The molecule has 26 heavy (non-hydrogen) atoms. The molecule has 1 atom stereocenters. The molecule has 1 aliphatic heterocycles. The maximum Gasteiger partial charge on any atom is 0.224 e. The standard InChI is InChI=1S/C20H18FNOS3/c21-15-4-1-2-5-17(15)26-13-9-19(23)22-10-7-16-14(8-12-25-16)20(22)18-6-3-11-24-18/h1-6,8,11-12,20H,7,9-10,13H2. The predicted octanol–water partition coefficient (Wildman–Crippen LogP) is 5.61. The van der Waals surface area contributed by atoms with E-state index in [-0.39, 0.29) is 17.8 Å². The van der Waals surface area contributed by atoms with Crippen LogP contribution in [-0.4, -0.2) is 23.1 Å². The quantitative estimate of drug-likeness (QED) is 0.517. The van der Waals surface area contributed by atoms with Crippen LogP contribution in [0.25, 0.3) is 0 Å². The first-order valence-corrected chi connectivity index (χ1v) is 11.2. The van der Waals surface area contributed by atoms with Crippen LogP contribution in [-0.2, 0) is 11.2 Å². The predicted molar refractivity (Wildman–Crippen MR) is 108 cm³/mol. The first-order valence-electron chi connectivity index (χ1n) is 8.50. The van der Waals surface area contributed by atoms with E-state index < -0.39 is 0 Å². The van der Waals surface area contributed by atoms with Crippen LogP contribution in [0.3, 0.4) is 0 Å². The minimum Gasteiger partial charge on any atom is -0.330 e. The Kier molecular flexibility index (Phi) is 5.43. The topological polar surface area (TPSA) is 20.3 Å². The number of thioether (sulfide) groups is 1. The van der Waals surface area contributed by atoms with Crippen LogP contribution in [0.15, 0.2) is 58.1 Å². The lowest BCUT2D eigenvalue weighted by Crippen LogP contribution is -2.39. The molecule has 0 saturated heterocycles. The molecular weight excluding hydrogens is 385 g/mol. The van der Waals surface area contributed by atoms with Crippen LogP contribution in [0.1, 0.15) is 27.8 Å². The Morgan fingerprint density at radius 2 is 2.04 bits per heavy atom. The van der Waals surface area contributed by atoms with Crippen molar-refractivity contribution in [3.63, 3.8) is 0 Å². The lowest BCUT2D eigenvalue weighted by Gasteiger charge is -2.35. The summed E-state index contributed by atoms with van der Waals surface area (Å²) in [5, 5.41) is 4.18. The molecule has 0 bridgehead atoms. The van der Waals surface area contributed by atoms with E-state index in [1.165, 1.54) is 33.1 Å². The second-order valence-corrected chi connectivity index (χ2v) is 9.20. The van der Waals surface area contributed by atoms with Crippen LogP contribution >= 0.6 is 34.4 Å². The van der Waals surface area contributed by atoms with Gasteiger partial charge in [0.05, 0.1) is 6.04 Å². The van der Waals surface area contributed by atoms with Gasteiger partial charge in [0.1, 0.15) is 5.82 Å². The molecule has 134 valence electrons. The van der Waals surface area contributed by atoms with E-state index in [1.54, 1.807) is 34.8 Å². The summed E-state index contributed by atoms with van der Waals surface area (Å²) in [5.74, 6) is 0.510. The molecule has 4 rings (SSSR count). The van der Waals surface area contributed by atoms with Crippen molar-refractivity contribution in [1.82, 2.24) is 4.90 Å². The first kappa shape index (κ1) is 17.8. The summed E-state index contributed by atoms with van der Waals surface area (Å²) >= 11 is 4.88. The highest BCUT2D eigenvalue weighted by atomic mass is 32.2. The molecule has 1 aromatic carbocycles. The number of thiophene rings is 2. The molecule has 1 aliphatic rings. The molecule has 1 amide bonds. The molecule has 0 N–H and O–H groups in total. The summed E-state index contributed by atoms with van der Waals surface area (Å²) in [6, 6.07) is 13.0. The van der Waals surface area contributed by atoms with Crippen molar-refractivity contribution in [3.05, 3.63) is 74.4 Å². The number of carbonyl (C=O) groups is 1. The van der Waals surface area contributed by atoms with Gasteiger partial charge in [-0.3, -0.25) is 4.79 Å². The fourth-order valence-electron chi connectivity index (χ4n) is 3.29. The Balaban J connectivity index is 1.47. The number of amides is 1. The van der Waals surface area contributed by atoms with Gasteiger partial charge in [-0.25, -0.2) is 4.39 Å². The molecule has 0 radical (unpaired) electrons. The van der Waals surface area contributed by atoms with E-state index in [0.29, 0.717) is 17.1 Å². The van der Waals surface area contributed by atoms with Crippen LogP contribution < -0.4 is 0 Å². The molecule has 1 unspecified atom stereocenters. The van der Waals surface area contributed by atoms with Crippen LogP contribution in [0, 0.1) is 5.82 Å². The van der Waals surface area contributed by atoms with Crippen molar-refractivity contribution < 1.29 is 9.18 Å². The van der Waals surface area contributed by atoms with E-state index in [0.717, 1.165) is 13.0 Å². The summed E-state index contributed by atoms with van der Waals surface area (Å²) in [4.78, 5) is 18.1. The number of rotatable bonds is 5. The molecule has 3 heterocycles. The van der Waals surface area contributed by atoms with Gasteiger partial charge in [0.2, 0.25) is 5.91 Å². The number of hydrogen-bond donors (Lipinski definition) is 0. The molecule has 3 aromatic rings. The zero-order valence-corrected chi connectivity index (χ0v) is 16.5. The van der Waals surface area contributed by atoms with Crippen LogP contribution in [0.4, 0.5) is 4.39 Å². The third-order valence-electron chi connectivity index (χ3n) is 4.51. The van der Waals surface area contributed by atoms with E-state index in [2.05, 4.69) is 22.9 Å². The molecule has 6 heteroatoms. The Bertz CT molecular complexity index is 890. The van der Waals surface area contributed by atoms with Gasteiger partial charge < -0.3 is 4.90 Å². The highest BCUT2D eigenvalue weighted by molar-refractivity contribution is 7.99. The van der Waals surface area contributed by atoms with Gasteiger partial charge >= 0.3 is 0 Å². The fourth-order valence-corrected chi connectivity index (χ4v) is 5.93. The van der Waals surface area contributed by atoms with Gasteiger partial charge in [-0.2, -0.15) is 0 Å². The maximum atomic E-state index is 13.7. The van der Waals surface area contributed by atoms with Gasteiger partial charge in [-0.1, -0.05) is 18.2 Å². The summed E-state index contributed by atoms with van der Waals surface area (Å²) in [6.45, 7) is 0.749. The van der Waals surface area contributed by atoms with E-state index in [9.17, 15) is 9.18 Å². The van der Waals surface area contributed by atoms with Crippen LogP contribution in [0.2, 0.25) is 0 Å². The summed E-state index contributed by atoms with van der Waals surface area (Å²) < 4.78 is 13.7. The minimum absolute atomic E-state index is 0.0240. The van der Waals surface area contributed by atoms with Gasteiger partial charge in [-0.15, -0.1) is 34.4 Å². The zero-order chi connectivity index (χ0) is 17.9. The average Bonchev–Trinajstić information content (AvgIpc) is 3.34. The monoisotopic (exact) mass is 403 g/mol. The average molecular weight is 404 g/mol. The smallest absolute Gasteiger partial charge is 0.224 e. The molecule has 0 saturated carbocycles. The van der Waals surface area contributed by atoms with E-state index >= 15 is 0 Å². The minimum atomic E-state index is -0.220. The third-order valence-corrected chi connectivity index (χ3v) is 7.48. The van der Waals surface area contributed by atoms with Gasteiger partial charge in [0.25, 0.3) is 0 Å². The number of halogens is 1. The van der Waals surface area contributed by atoms with Crippen molar-refractivity contribution in [2.45, 2.75) is 23.8 Å². The van der Waals surface area contributed by atoms with E-state index in [1.807, 2.05) is 17.0 Å². The van der Waals surface area contributed by atoms with Gasteiger partial charge in [0.15, 0.2) is 0 Å². The number of hydrogen-bond acceptors (Lipinski definition) is 4. The van der Waals surface area contributed by atoms with Crippen molar-refractivity contribution >= 4 is 40.3 Å². The molecule has 2 aromatic heterocycles. The molecule has 2 nitrogen and oxygen atoms in total. The lowest BCUT2D eigenvalue weighted by atomic mass is 9.98. The Morgan fingerprint density at radius 3 is 2.85 bits per heavy atom. The third kappa shape index (κ3) is 3.59. The molecule has 0 aliphatic carbocycles. The summed E-state index contributed by atoms with van der Waals surface area (Å²) in [7, 11) is 0. The normalized spacial score (nSPS) is 16.5. The van der Waals surface area contributed by atoms with Gasteiger partial charge in [0, 0.05) is 33.4 Å². The highest BCUT2D eigenvalue weighted by Crippen LogP contribution is 2.39. The highest BCUT2D eigenvalue weighted by Gasteiger charge is 2.33. The van der Waals surface area contributed by atoms with Crippen molar-refractivity contribution in [3.8, 4) is 0 Å². The van der Waals surface area contributed by atoms with Crippen molar-refractivity contribution in [1.29, 1.82) is 0 Å². The number of nitrogens with zero attached hydrogens (tertiary/aromatic N) is 1. The number of carbonyl (C=O) groups excluding carboxylic acids is 1. The van der Waals surface area contributed by atoms with Crippen LogP contribution in [0.5, 0.6) is 0 Å². The Hall–Kier alpha value is -1.63. The zero-order valence-electron chi connectivity index (χ0n) is 14.1. The SMILES string of the molecule is O=C(CCSc1ccccc1F)N1CCc2sccc2C1c1cccs1. The summed E-state index contributed by atoms with van der Waals surface area (Å²) in [6.07, 6.45) is 1.33. The van der Waals surface area contributed by atoms with Crippen molar-refractivity contribution in [2.75, 3.05) is 12.3 Å². The molecular formula is C20H18FNOS3. The Labute approximate surface area is 164 Å².